The summed E-state index contributed by atoms with van der Waals surface area (Å²) < 4.78 is 4.81. The molecule has 0 saturated carbocycles. The molecule has 0 aliphatic carbocycles. The quantitative estimate of drug-likeness (QED) is 0.387. The van der Waals surface area contributed by atoms with Crippen LogP contribution in [0.15, 0.2) is 36.4 Å². The number of carbonyl (C=O) groups is 1. The second kappa shape index (κ2) is 11.8. The van der Waals surface area contributed by atoms with Gasteiger partial charge in [-0.1, -0.05) is 42.7 Å². The van der Waals surface area contributed by atoms with Crippen molar-refractivity contribution in [2.24, 2.45) is 5.92 Å². The highest BCUT2D eigenvalue weighted by atomic mass is 35.5. The Kier molecular flexibility index (Phi) is 10.1. The summed E-state index contributed by atoms with van der Waals surface area (Å²) in [7, 11) is 0. The van der Waals surface area contributed by atoms with Gasteiger partial charge in [0.1, 0.15) is 5.75 Å². The van der Waals surface area contributed by atoms with Crippen LogP contribution in [0.3, 0.4) is 0 Å². The van der Waals surface area contributed by atoms with E-state index in [4.69, 9.17) is 16.3 Å². The number of aliphatic hydroxyl groups is 2. The molecule has 0 bridgehead atoms. The molecule has 1 aromatic rings. The molecule has 1 rings (SSSR count). The predicted octanol–water partition coefficient (Wildman–Crippen LogP) is 4.10. The average Bonchev–Trinajstić information content (AvgIpc) is 2.62. The maximum absolute atomic E-state index is 11.7. The van der Waals surface area contributed by atoms with Crippen molar-refractivity contribution in [3.05, 3.63) is 47.0 Å². The zero-order valence-electron chi connectivity index (χ0n) is 15.9. The summed E-state index contributed by atoms with van der Waals surface area (Å²) in [6.45, 7) is 7.48. The minimum atomic E-state index is -1.44. The summed E-state index contributed by atoms with van der Waals surface area (Å²) in [5.41, 5.74) is 1.87. The van der Waals surface area contributed by atoms with Crippen molar-refractivity contribution >= 4 is 23.6 Å². The molecule has 1 aromatic carbocycles. The SMILES string of the molecule is C=C[C@H]([C@H](O)CC/C(=C/c1ccc(O)cc1Cl)CCC)[C@H](O)C(=O)OCC. The van der Waals surface area contributed by atoms with Crippen LogP contribution in [-0.4, -0.2) is 40.1 Å². The number of carbonyl (C=O) groups excluding carboxylic acids is 1. The van der Waals surface area contributed by atoms with Crippen LogP contribution < -0.4 is 0 Å². The third-order valence-corrected chi connectivity index (χ3v) is 4.61. The molecule has 0 spiro atoms. The number of halogens is 1. The molecule has 0 aromatic heterocycles. The Hall–Kier alpha value is -1.82. The first-order chi connectivity index (χ1) is 12.8. The Morgan fingerprint density at radius 3 is 2.56 bits per heavy atom. The van der Waals surface area contributed by atoms with Crippen LogP contribution in [0.25, 0.3) is 6.08 Å². The van der Waals surface area contributed by atoms with Crippen molar-refractivity contribution in [3.8, 4) is 5.75 Å². The van der Waals surface area contributed by atoms with E-state index in [0.29, 0.717) is 17.9 Å². The molecule has 3 N–H and O–H groups in total. The smallest absolute Gasteiger partial charge is 0.335 e. The monoisotopic (exact) mass is 396 g/mol. The molecular formula is C21H29ClO5. The summed E-state index contributed by atoms with van der Waals surface area (Å²) in [5.74, 6) is -1.46. The number of phenols is 1. The second-order valence-corrected chi connectivity index (χ2v) is 6.78. The van der Waals surface area contributed by atoms with E-state index < -0.39 is 24.1 Å². The maximum atomic E-state index is 11.7. The largest absolute Gasteiger partial charge is 0.508 e. The number of hydrogen-bond acceptors (Lipinski definition) is 5. The second-order valence-electron chi connectivity index (χ2n) is 6.37. The molecular weight excluding hydrogens is 368 g/mol. The Labute approximate surface area is 165 Å². The Balaban J connectivity index is 2.83. The van der Waals surface area contributed by atoms with Crippen LogP contribution in [0, 0.1) is 5.92 Å². The van der Waals surface area contributed by atoms with Crippen LogP contribution >= 0.6 is 11.6 Å². The van der Waals surface area contributed by atoms with Crippen molar-refractivity contribution in [1.29, 1.82) is 0 Å². The van der Waals surface area contributed by atoms with Crippen molar-refractivity contribution in [2.45, 2.75) is 51.7 Å². The molecule has 27 heavy (non-hydrogen) atoms. The highest BCUT2D eigenvalue weighted by Gasteiger charge is 2.30. The van der Waals surface area contributed by atoms with Crippen LogP contribution in [0.2, 0.25) is 5.02 Å². The molecule has 0 amide bonds. The topological polar surface area (TPSA) is 87.0 Å². The standard InChI is InChI=1S/C21H29ClO5/c1-4-7-14(12-15-9-10-16(23)13-18(15)22)8-11-19(24)17(5-2)20(25)21(26)27-6-3/h5,9-10,12-13,17,19-20,23-25H,2,4,6-8,11H2,1,3H3/b14-12+/t17-,19-,20+/m1/s1. The zero-order valence-corrected chi connectivity index (χ0v) is 16.7. The molecule has 0 heterocycles. The third kappa shape index (κ3) is 7.37. The van der Waals surface area contributed by atoms with Gasteiger partial charge in [0.25, 0.3) is 0 Å². The van der Waals surface area contributed by atoms with E-state index in [-0.39, 0.29) is 12.4 Å². The van der Waals surface area contributed by atoms with Gasteiger partial charge >= 0.3 is 5.97 Å². The van der Waals surface area contributed by atoms with Crippen LogP contribution in [0.4, 0.5) is 0 Å². The summed E-state index contributed by atoms with van der Waals surface area (Å²) in [5, 5.41) is 30.4. The van der Waals surface area contributed by atoms with Crippen LogP contribution in [0.1, 0.15) is 45.1 Å². The fourth-order valence-corrected chi connectivity index (χ4v) is 3.08. The van der Waals surface area contributed by atoms with E-state index in [1.807, 2.05) is 6.08 Å². The van der Waals surface area contributed by atoms with Gasteiger partial charge in [0.05, 0.1) is 17.7 Å². The first kappa shape index (κ1) is 23.2. The number of allylic oxidation sites excluding steroid dienone is 1. The van der Waals surface area contributed by atoms with Gasteiger partial charge in [-0.05, 0) is 49.9 Å². The Morgan fingerprint density at radius 1 is 1.30 bits per heavy atom. The first-order valence-electron chi connectivity index (χ1n) is 9.17. The Morgan fingerprint density at radius 2 is 2.00 bits per heavy atom. The number of aromatic hydroxyl groups is 1. The number of hydrogen-bond donors (Lipinski definition) is 3. The first-order valence-corrected chi connectivity index (χ1v) is 9.55. The van der Waals surface area contributed by atoms with Gasteiger partial charge in [-0.3, -0.25) is 0 Å². The fourth-order valence-electron chi connectivity index (χ4n) is 2.85. The predicted molar refractivity (Wildman–Crippen MR) is 108 cm³/mol. The fraction of sp³-hybridized carbons (Fsp3) is 0.476. The molecule has 0 aliphatic rings. The van der Waals surface area contributed by atoms with E-state index in [1.54, 1.807) is 19.1 Å². The van der Waals surface area contributed by atoms with Crippen molar-refractivity contribution in [1.82, 2.24) is 0 Å². The third-order valence-electron chi connectivity index (χ3n) is 4.29. The average molecular weight is 397 g/mol. The number of rotatable bonds is 11. The molecule has 0 fully saturated rings. The maximum Gasteiger partial charge on any atom is 0.335 e. The molecule has 3 atom stereocenters. The van der Waals surface area contributed by atoms with Gasteiger partial charge in [0, 0.05) is 5.92 Å². The highest BCUT2D eigenvalue weighted by molar-refractivity contribution is 6.32. The van der Waals surface area contributed by atoms with E-state index in [2.05, 4.69) is 13.5 Å². The number of esters is 1. The summed E-state index contributed by atoms with van der Waals surface area (Å²) >= 11 is 6.16. The normalized spacial score (nSPS) is 15.1. The highest BCUT2D eigenvalue weighted by Crippen LogP contribution is 2.27. The molecule has 5 nitrogen and oxygen atoms in total. The van der Waals surface area contributed by atoms with Crippen LogP contribution in [0.5, 0.6) is 5.75 Å². The van der Waals surface area contributed by atoms with Gasteiger partial charge < -0.3 is 20.1 Å². The lowest BCUT2D eigenvalue weighted by atomic mass is 9.90. The lowest BCUT2D eigenvalue weighted by Gasteiger charge is -2.24. The minimum absolute atomic E-state index is 0.103. The number of phenolic OH excluding ortho intramolecular Hbond substituents is 1. The molecule has 150 valence electrons. The minimum Gasteiger partial charge on any atom is -0.508 e. The van der Waals surface area contributed by atoms with E-state index >= 15 is 0 Å². The number of benzene rings is 1. The molecule has 0 unspecified atom stereocenters. The van der Waals surface area contributed by atoms with E-state index in [0.717, 1.165) is 24.0 Å². The van der Waals surface area contributed by atoms with Gasteiger partial charge in [0.15, 0.2) is 6.10 Å². The van der Waals surface area contributed by atoms with Crippen LogP contribution in [-0.2, 0) is 9.53 Å². The van der Waals surface area contributed by atoms with Crippen molar-refractivity contribution in [3.63, 3.8) is 0 Å². The van der Waals surface area contributed by atoms with Gasteiger partial charge in [0.2, 0.25) is 0 Å². The molecule has 0 aliphatic heterocycles. The Bertz CT molecular complexity index is 656. The summed E-state index contributed by atoms with van der Waals surface area (Å²) in [6, 6.07) is 4.79. The van der Waals surface area contributed by atoms with Gasteiger partial charge in [-0.25, -0.2) is 4.79 Å². The van der Waals surface area contributed by atoms with Crippen molar-refractivity contribution in [2.75, 3.05) is 6.61 Å². The van der Waals surface area contributed by atoms with Crippen molar-refractivity contribution < 1.29 is 24.9 Å². The van der Waals surface area contributed by atoms with E-state index in [9.17, 15) is 20.1 Å². The van der Waals surface area contributed by atoms with E-state index in [1.165, 1.54) is 12.1 Å². The number of aliphatic hydroxyl groups excluding tert-OH is 2. The molecule has 0 saturated heterocycles. The van der Waals surface area contributed by atoms with Gasteiger partial charge in [-0.2, -0.15) is 0 Å². The molecule has 6 heteroatoms. The summed E-state index contributed by atoms with van der Waals surface area (Å²) in [6.07, 6.45) is 3.63. The molecule has 0 radical (unpaired) electrons. The lowest BCUT2D eigenvalue weighted by molar-refractivity contribution is -0.157. The number of ether oxygens (including phenoxy) is 1. The summed E-state index contributed by atoms with van der Waals surface area (Å²) in [4.78, 5) is 11.7. The zero-order chi connectivity index (χ0) is 20.4. The van der Waals surface area contributed by atoms with Gasteiger partial charge in [-0.15, -0.1) is 6.58 Å². The lowest BCUT2D eigenvalue weighted by Crippen LogP contribution is -2.37.